The van der Waals surface area contributed by atoms with E-state index in [1.165, 1.54) is 4.68 Å². The number of carbonyl (C=O) groups excluding carboxylic acids is 1. The lowest BCUT2D eigenvalue weighted by atomic mass is 10.3. The molecule has 148 valence electrons. The number of nitrogens with one attached hydrogen (secondary N) is 1. The van der Waals surface area contributed by atoms with Crippen LogP contribution in [0.4, 0.5) is 5.95 Å². The van der Waals surface area contributed by atoms with Gasteiger partial charge >= 0.3 is 0 Å². The molecule has 0 aliphatic carbocycles. The van der Waals surface area contributed by atoms with Crippen LogP contribution in [0.25, 0.3) is 11.0 Å². The van der Waals surface area contributed by atoms with Crippen molar-refractivity contribution >= 4 is 34.5 Å². The highest BCUT2D eigenvalue weighted by Crippen LogP contribution is 2.23. The van der Waals surface area contributed by atoms with Gasteiger partial charge < -0.3 is 9.30 Å². The van der Waals surface area contributed by atoms with Crippen molar-refractivity contribution in [2.75, 3.05) is 38.2 Å². The Kier molecular flexibility index (Phi) is 5.34. The highest BCUT2D eigenvalue weighted by Gasteiger charge is 2.22. The summed E-state index contributed by atoms with van der Waals surface area (Å²) >= 11 is 6.27. The molecule has 0 spiro atoms. The summed E-state index contributed by atoms with van der Waals surface area (Å²) in [6, 6.07) is 7.87. The third kappa shape index (κ3) is 3.63. The van der Waals surface area contributed by atoms with Crippen LogP contribution in [-0.4, -0.2) is 63.0 Å². The second-order valence-electron chi connectivity index (χ2n) is 6.86. The Morgan fingerprint density at radius 3 is 2.71 bits per heavy atom. The van der Waals surface area contributed by atoms with Gasteiger partial charge in [-0.2, -0.15) is 5.10 Å². The summed E-state index contributed by atoms with van der Waals surface area (Å²) in [6.45, 7) is 6.69. The minimum atomic E-state index is -0.323. The summed E-state index contributed by atoms with van der Waals surface area (Å²) in [6.07, 6.45) is 0. The predicted octanol–water partition coefficient (Wildman–Crippen LogP) is 2.32. The van der Waals surface area contributed by atoms with E-state index in [9.17, 15) is 4.79 Å². The number of benzene rings is 1. The number of hydrogen-bond donors (Lipinski definition) is 1. The number of fused-ring (bicyclic) bond motifs is 1. The molecule has 1 amide bonds. The van der Waals surface area contributed by atoms with Crippen molar-refractivity contribution in [2.24, 2.45) is 7.05 Å². The maximum Gasteiger partial charge on any atom is 0.277 e. The third-order valence-corrected chi connectivity index (χ3v) is 5.44. The van der Waals surface area contributed by atoms with Crippen LogP contribution >= 0.6 is 11.6 Å². The van der Waals surface area contributed by atoms with Crippen molar-refractivity contribution < 1.29 is 9.53 Å². The Hall–Kier alpha value is -2.42. The van der Waals surface area contributed by atoms with Gasteiger partial charge in [-0.3, -0.25) is 19.7 Å². The lowest BCUT2D eigenvalue weighted by Gasteiger charge is -2.26. The fourth-order valence-electron chi connectivity index (χ4n) is 3.50. The Bertz CT molecular complexity index is 1010. The fourth-order valence-corrected chi connectivity index (χ4v) is 3.75. The highest BCUT2D eigenvalue weighted by molar-refractivity contribution is 6.34. The average Bonchev–Trinajstić information content (AvgIpc) is 3.16. The van der Waals surface area contributed by atoms with E-state index in [2.05, 4.69) is 20.3 Å². The number of rotatable bonds is 5. The molecule has 28 heavy (non-hydrogen) atoms. The van der Waals surface area contributed by atoms with Gasteiger partial charge in [0, 0.05) is 33.2 Å². The van der Waals surface area contributed by atoms with Crippen LogP contribution in [-0.2, 0) is 18.3 Å². The molecule has 1 saturated heterocycles. The minimum Gasteiger partial charge on any atom is -0.379 e. The van der Waals surface area contributed by atoms with Crippen LogP contribution in [0.2, 0.25) is 5.02 Å². The van der Waals surface area contributed by atoms with Crippen molar-refractivity contribution in [2.45, 2.75) is 13.5 Å². The molecule has 1 aromatic carbocycles. The molecule has 0 unspecified atom stereocenters. The summed E-state index contributed by atoms with van der Waals surface area (Å²) in [4.78, 5) is 19.8. The van der Waals surface area contributed by atoms with Gasteiger partial charge in [-0.25, -0.2) is 4.98 Å². The molecule has 2 aromatic heterocycles. The first kappa shape index (κ1) is 18.9. The van der Waals surface area contributed by atoms with Gasteiger partial charge in [0.2, 0.25) is 5.95 Å². The minimum absolute atomic E-state index is 0.323. The number of hydrogen-bond acceptors (Lipinski definition) is 5. The summed E-state index contributed by atoms with van der Waals surface area (Å²) in [5.74, 6) is 0.186. The van der Waals surface area contributed by atoms with E-state index in [1.54, 1.807) is 14.0 Å². The molecular formula is C19H23ClN6O2. The van der Waals surface area contributed by atoms with E-state index in [0.29, 0.717) is 28.9 Å². The predicted molar refractivity (Wildman–Crippen MR) is 108 cm³/mol. The smallest absolute Gasteiger partial charge is 0.277 e. The van der Waals surface area contributed by atoms with Crippen LogP contribution in [0.3, 0.4) is 0 Å². The molecule has 9 heteroatoms. The lowest BCUT2D eigenvalue weighted by molar-refractivity contribution is 0.0366. The zero-order valence-corrected chi connectivity index (χ0v) is 16.7. The zero-order valence-electron chi connectivity index (χ0n) is 16.0. The summed E-state index contributed by atoms with van der Waals surface area (Å²) in [5.41, 5.74) is 2.77. The van der Waals surface area contributed by atoms with E-state index in [0.717, 1.165) is 43.9 Å². The molecule has 8 nitrogen and oxygen atoms in total. The third-order valence-electron chi connectivity index (χ3n) is 4.99. The molecular weight excluding hydrogens is 380 g/mol. The molecule has 0 saturated carbocycles. The molecule has 1 N–H and O–H groups in total. The number of nitrogens with zero attached hydrogens (tertiary/aromatic N) is 5. The van der Waals surface area contributed by atoms with Crippen LogP contribution < -0.4 is 5.32 Å². The molecule has 3 aromatic rings. The van der Waals surface area contributed by atoms with Crippen LogP contribution in [0, 0.1) is 6.92 Å². The Balaban J connectivity index is 1.61. The highest BCUT2D eigenvalue weighted by atomic mass is 35.5. The van der Waals surface area contributed by atoms with Crippen molar-refractivity contribution in [1.29, 1.82) is 0 Å². The number of morpholine rings is 1. The largest absolute Gasteiger partial charge is 0.379 e. The SMILES string of the molecule is Cc1nn(C)c(C(=O)Nc2nc3ccccc3n2CCN2CCOCC2)c1Cl. The van der Waals surface area contributed by atoms with Gasteiger partial charge in [0.15, 0.2) is 0 Å². The number of ether oxygens (including phenoxy) is 1. The van der Waals surface area contributed by atoms with Crippen LogP contribution in [0.5, 0.6) is 0 Å². The van der Waals surface area contributed by atoms with Gasteiger partial charge in [0.1, 0.15) is 5.69 Å². The first-order valence-electron chi connectivity index (χ1n) is 9.30. The molecule has 0 bridgehead atoms. The second-order valence-corrected chi connectivity index (χ2v) is 7.23. The number of anilines is 1. The number of aromatic nitrogens is 4. The first-order chi connectivity index (χ1) is 13.5. The molecule has 0 atom stereocenters. The molecule has 0 radical (unpaired) electrons. The van der Waals surface area contributed by atoms with Crippen LogP contribution in [0.1, 0.15) is 16.2 Å². The maximum atomic E-state index is 12.9. The number of imidazole rings is 1. The van der Waals surface area contributed by atoms with Gasteiger partial charge in [0.25, 0.3) is 5.91 Å². The Morgan fingerprint density at radius 1 is 1.25 bits per heavy atom. The van der Waals surface area contributed by atoms with Gasteiger partial charge in [0.05, 0.1) is 35.0 Å². The first-order valence-corrected chi connectivity index (χ1v) is 9.68. The van der Waals surface area contributed by atoms with Crippen molar-refractivity contribution in [1.82, 2.24) is 24.2 Å². The molecule has 1 fully saturated rings. The number of amides is 1. The van der Waals surface area contributed by atoms with Crippen molar-refractivity contribution in [3.8, 4) is 0 Å². The Labute approximate surface area is 168 Å². The van der Waals surface area contributed by atoms with Crippen LogP contribution in [0.15, 0.2) is 24.3 Å². The summed E-state index contributed by atoms with van der Waals surface area (Å²) in [7, 11) is 1.70. The average molecular weight is 403 g/mol. The van der Waals surface area contributed by atoms with Gasteiger partial charge in [-0.15, -0.1) is 0 Å². The second kappa shape index (κ2) is 7.90. The lowest BCUT2D eigenvalue weighted by Crippen LogP contribution is -2.38. The van der Waals surface area contributed by atoms with E-state index in [1.807, 2.05) is 28.8 Å². The molecule has 3 heterocycles. The molecule has 1 aliphatic rings. The van der Waals surface area contributed by atoms with Gasteiger partial charge in [-0.05, 0) is 19.1 Å². The topological polar surface area (TPSA) is 77.2 Å². The zero-order chi connectivity index (χ0) is 19.7. The number of para-hydroxylation sites is 2. The van der Waals surface area contributed by atoms with E-state index < -0.39 is 0 Å². The van der Waals surface area contributed by atoms with E-state index in [4.69, 9.17) is 16.3 Å². The van der Waals surface area contributed by atoms with Gasteiger partial charge in [-0.1, -0.05) is 23.7 Å². The number of carbonyl (C=O) groups is 1. The van der Waals surface area contributed by atoms with Crippen molar-refractivity contribution in [3.05, 3.63) is 40.7 Å². The summed E-state index contributed by atoms with van der Waals surface area (Å²) < 4.78 is 8.95. The Morgan fingerprint density at radius 2 is 2.00 bits per heavy atom. The molecule has 1 aliphatic heterocycles. The maximum absolute atomic E-state index is 12.9. The monoisotopic (exact) mass is 402 g/mol. The molecule has 4 rings (SSSR count). The normalized spacial score (nSPS) is 15.2. The fraction of sp³-hybridized carbons (Fsp3) is 0.421. The summed E-state index contributed by atoms with van der Waals surface area (Å²) in [5, 5.41) is 7.49. The quantitative estimate of drug-likeness (QED) is 0.708. The number of halogens is 1. The van der Waals surface area contributed by atoms with Crippen molar-refractivity contribution in [3.63, 3.8) is 0 Å². The van der Waals surface area contributed by atoms with E-state index >= 15 is 0 Å². The standard InChI is InChI=1S/C19H23ClN6O2/c1-13-16(20)17(24(2)23-13)18(27)22-19-21-14-5-3-4-6-15(14)26(19)8-7-25-9-11-28-12-10-25/h3-6H,7-12H2,1-2H3,(H,21,22,27). The van der Waals surface area contributed by atoms with E-state index in [-0.39, 0.29) is 5.91 Å². The number of aryl methyl sites for hydroxylation is 2.